The molecule has 0 aromatic heterocycles. The highest BCUT2D eigenvalue weighted by Crippen LogP contribution is 2.36. The zero-order valence-electron chi connectivity index (χ0n) is 31.9. The molecule has 0 heterocycles. The molecule has 0 radical (unpaired) electrons. The molecule has 262 valence electrons. The first-order chi connectivity index (χ1) is 20.4. The molecule has 0 aliphatic heterocycles. The minimum Gasteiger partial charge on any atom is -0.462 e. The van der Waals surface area contributed by atoms with Crippen LogP contribution in [0, 0.1) is 21.7 Å². The molecule has 0 bridgehead atoms. The van der Waals surface area contributed by atoms with Gasteiger partial charge in [-0.25, -0.2) is 0 Å². The van der Waals surface area contributed by atoms with Crippen molar-refractivity contribution in [2.75, 3.05) is 0 Å². The lowest BCUT2D eigenvalue weighted by atomic mass is 9.77. The fourth-order valence-electron chi connectivity index (χ4n) is 6.09. The number of hydrogen-bond donors (Lipinski definition) is 0. The number of rotatable bonds is 27. The van der Waals surface area contributed by atoms with E-state index in [0.29, 0.717) is 23.7 Å². The Hall–Kier alpha value is -1.06. The summed E-state index contributed by atoms with van der Waals surface area (Å²) in [6.07, 6.45) is 21.6. The van der Waals surface area contributed by atoms with Crippen molar-refractivity contribution >= 4 is 11.9 Å². The third-order valence-electron chi connectivity index (χ3n) is 10.6. The Morgan fingerprint density at radius 2 is 0.750 bits per heavy atom. The fourth-order valence-corrected chi connectivity index (χ4v) is 6.09. The van der Waals surface area contributed by atoms with E-state index in [-0.39, 0.29) is 35.0 Å². The predicted octanol–water partition coefficient (Wildman–Crippen LogP) is 12.8. The van der Waals surface area contributed by atoms with Crippen molar-refractivity contribution in [1.82, 2.24) is 0 Å². The lowest BCUT2D eigenvalue weighted by Gasteiger charge is -2.33. The predicted molar refractivity (Wildman–Crippen MR) is 190 cm³/mol. The third-order valence-corrected chi connectivity index (χ3v) is 10.6. The number of carbonyl (C=O) groups excluding carboxylic acids is 2. The Labute approximate surface area is 276 Å². The molecule has 0 saturated carbocycles. The van der Waals surface area contributed by atoms with Crippen molar-refractivity contribution in [3.8, 4) is 0 Å². The Morgan fingerprint density at radius 3 is 1.07 bits per heavy atom. The van der Waals surface area contributed by atoms with Crippen molar-refractivity contribution in [2.24, 2.45) is 21.7 Å². The minimum absolute atomic E-state index is 0.00369. The van der Waals surface area contributed by atoms with Gasteiger partial charge in [-0.3, -0.25) is 9.59 Å². The van der Waals surface area contributed by atoms with Gasteiger partial charge >= 0.3 is 11.9 Å². The first-order valence-electron chi connectivity index (χ1n) is 18.8. The van der Waals surface area contributed by atoms with Crippen LogP contribution in [0.15, 0.2) is 0 Å². The number of esters is 2. The van der Waals surface area contributed by atoms with E-state index >= 15 is 0 Å². The fraction of sp³-hybridized carbons (Fsp3) is 0.950. The number of ether oxygens (including phenoxy) is 2. The van der Waals surface area contributed by atoms with Crippen LogP contribution in [0.5, 0.6) is 0 Å². The second kappa shape index (κ2) is 21.7. The third kappa shape index (κ3) is 20.9. The lowest BCUT2D eigenvalue weighted by Crippen LogP contribution is -2.31. The normalized spacial score (nSPS) is 14.4. The zero-order valence-corrected chi connectivity index (χ0v) is 31.9. The van der Waals surface area contributed by atoms with Gasteiger partial charge in [0, 0.05) is 23.7 Å². The largest absolute Gasteiger partial charge is 0.462 e. The molecule has 2 atom stereocenters. The number of unbranched alkanes of at least 4 members (excludes halogenated alkanes) is 7. The van der Waals surface area contributed by atoms with Crippen LogP contribution in [0.4, 0.5) is 0 Å². The van der Waals surface area contributed by atoms with Gasteiger partial charge in [0.05, 0.1) is 0 Å². The quantitative estimate of drug-likeness (QED) is 0.0675. The summed E-state index contributed by atoms with van der Waals surface area (Å²) in [7, 11) is 0. The van der Waals surface area contributed by atoms with Gasteiger partial charge in [-0.05, 0) is 76.0 Å². The molecule has 0 N–H and O–H groups in total. The molecule has 0 amide bonds. The molecule has 0 aliphatic carbocycles. The number of carbonyl (C=O) groups is 2. The molecule has 4 nitrogen and oxygen atoms in total. The van der Waals surface area contributed by atoms with Crippen LogP contribution >= 0.6 is 0 Å². The van der Waals surface area contributed by atoms with E-state index < -0.39 is 0 Å². The maximum Gasteiger partial charge on any atom is 0.306 e. The van der Waals surface area contributed by atoms with E-state index in [9.17, 15) is 9.59 Å². The second-order valence-corrected chi connectivity index (χ2v) is 17.1. The Morgan fingerprint density at radius 1 is 0.455 bits per heavy atom. The van der Waals surface area contributed by atoms with E-state index in [4.69, 9.17) is 9.47 Å². The van der Waals surface area contributed by atoms with Crippen LogP contribution in [0.2, 0.25) is 0 Å². The van der Waals surface area contributed by atoms with Gasteiger partial charge in [0.15, 0.2) is 0 Å². The van der Waals surface area contributed by atoms with E-state index in [2.05, 4.69) is 83.1 Å². The van der Waals surface area contributed by atoms with Gasteiger partial charge in [0.25, 0.3) is 0 Å². The molecule has 0 fully saturated rings. The summed E-state index contributed by atoms with van der Waals surface area (Å²) >= 11 is 0. The summed E-state index contributed by atoms with van der Waals surface area (Å²) in [5, 5.41) is 0. The van der Waals surface area contributed by atoms with Gasteiger partial charge in [-0.1, -0.05) is 133 Å². The van der Waals surface area contributed by atoms with Crippen molar-refractivity contribution in [1.29, 1.82) is 0 Å². The van der Waals surface area contributed by atoms with Crippen molar-refractivity contribution in [3.05, 3.63) is 0 Å². The molecule has 0 aromatic carbocycles. The van der Waals surface area contributed by atoms with E-state index in [1.54, 1.807) is 0 Å². The smallest absolute Gasteiger partial charge is 0.306 e. The van der Waals surface area contributed by atoms with Crippen LogP contribution in [0.1, 0.15) is 212 Å². The molecule has 0 aliphatic rings. The molecule has 2 unspecified atom stereocenters. The van der Waals surface area contributed by atoms with Gasteiger partial charge in [0.1, 0.15) is 12.2 Å². The monoisotopic (exact) mass is 623 g/mol. The highest BCUT2D eigenvalue weighted by Gasteiger charge is 2.31. The second-order valence-electron chi connectivity index (χ2n) is 17.1. The SMILES string of the molecule is CCCCC(C)(C)CCCC(C)(C)C(C)OC(=O)CCCCCCCCC(=O)OC(C)C(C)(C)CCCC(C)(C)CCCC. The summed E-state index contributed by atoms with van der Waals surface area (Å²) in [6.45, 7) is 27.1. The first kappa shape index (κ1) is 42.9. The average Bonchev–Trinajstić information content (AvgIpc) is 2.91. The van der Waals surface area contributed by atoms with Crippen molar-refractivity contribution in [3.63, 3.8) is 0 Å². The highest BCUT2D eigenvalue weighted by molar-refractivity contribution is 5.69. The Bertz CT molecular complexity index is 699. The van der Waals surface area contributed by atoms with Gasteiger partial charge in [0.2, 0.25) is 0 Å². The van der Waals surface area contributed by atoms with Crippen molar-refractivity contribution in [2.45, 2.75) is 224 Å². The summed E-state index contributed by atoms with van der Waals surface area (Å²) in [5.41, 5.74) is 0.790. The summed E-state index contributed by atoms with van der Waals surface area (Å²) in [5.74, 6) is -0.123. The Kier molecular flexibility index (Phi) is 21.2. The van der Waals surface area contributed by atoms with Crippen LogP contribution < -0.4 is 0 Å². The lowest BCUT2D eigenvalue weighted by molar-refractivity contribution is -0.155. The summed E-state index contributed by atoms with van der Waals surface area (Å²) < 4.78 is 11.7. The molecule has 0 spiro atoms. The van der Waals surface area contributed by atoms with Crippen LogP contribution in [0.25, 0.3) is 0 Å². The maximum atomic E-state index is 12.5. The molecule has 0 rings (SSSR count). The summed E-state index contributed by atoms with van der Waals surface area (Å²) in [4.78, 5) is 25.0. The highest BCUT2D eigenvalue weighted by atomic mass is 16.5. The molecule has 44 heavy (non-hydrogen) atoms. The van der Waals surface area contributed by atoms with E-state index in [1.165, 1.54) is 64.2 Å². The van der Waals surface area contributed by atoms with Crippen molar-refractivity contribution < 1.29 is 19.1 Å². The standard InChI is InChI=1S/C40H78O4/c1-13-15-27-37(5,6)29-23-31-39(9,10)33(3)43-35(41)25-21-19-17-18-20-22-26-36(42)44-34(4)40(11,12)32-24-30-38(7,8)28-16-14-2/h33-34H,13-32H2,1-12H3. The van der Waals surface area contributed by atoms with Gasteiger partial charge < -0.3 is 9.47 Å². The number of hydrogen-bond acceptors (Lipinski definition) is 4. The van der Waals surface area contributed by atoms with E-state index in [0.717, 1.165) is 51.4 Å². The minimum atomic E-state index is -0.0653. The Balaban J connectivity index is 4.07. The first-order valence-corrected chi connectivity index (χ1v) is 18.8. The van der Waals surface area contributed by atoms with E-state index in [1.807, 2.05) is 0 Å². The van der Waals surface area contributed by atoms with Gasteiger partial charge in [-0.15, -0.1) is 0 Å². The maximum absolute atomic E-state index is 12.5. The van der Waals surface area contributed by atoms with Crippen LogP contribution in [-0.4, -0.2) is 24.1 Å². The van der Waals surface area contributed by atoms with Crippen LogP contribution in [0.3, 0.4) is 0 Å². The topological polar surface area (TPSA) is 52.6 Å². The van der Waals surface area contributed by atoms with Gasteiger partial charge in [-0.2, -0.15) is 0 Å². The molecular weight excluding hydrogens is 544 g/mol. The zero-order chi connectivity index (χ0) is 33.9. The molecule has 4 heteroatoms. The molecular formula is C40H78O4. The van der Waals surface area contributed by atoms with Crippen LogP contribution in [-0.2, 0) is 19.1 Å². The average molecular weight is 623 g/mol. The summed E-state index contributed by atoms with van der Waals surface area (Å²) in [6, 6.07) is 0. The molecule has 0 saturated heterocycles. The molecule has 0 aromatic rings.